The average molecular weight is 258 g/mol. The van der Waals surface area contributed by atoms with E-state index >= 15 is 0 Å². The standard InChI is InChI=1S/C14H18N4O/c1-3-18-8(2)11(7-13(15)19)10-5-4-9(14(16)17)6-12(10)18/h4-6H,3,7H2,1-2H3,(H2,15,19)(H3,16,17). The van der Waals surface area contributed by atoms with Gasteiger partial charge in [0, 0.05) is 28.7 Å². The van der Waals surface area contributed by atoms with Gasteiger partial charge in [-0.2, -0.15) is 0 Å². The summed E-state index contributed by atoms with van der Waals surface area (Å²) in [5.74, 6) is -0.297. The second kappa shape index (κ2) is 4.76. The Kier molecular flexibility index (Phi) is 3.29. The summed E-state index contributed by atoms with van der Waals surface area (Å²) in [6.07, 6.45) is 0.231. The zero-order chi connectivity index (χ0) is 14.2. The molecule has 0 aliphatic heterocycles. The normalized spacial score (nSPS) is 10.8. The Labute approximate surface area is 111 Å². The van der Waals surface area contributed by atoms with Crippen LogP contribution in [0.3, 0.4) is 0 Å². The van der Waals surface area contributed by atoms with Crippen molar-refractivity contribution >= 4 is 22.6 Å². The van der Waals surface area contributed by atoms with Gasteiger partial charge in [0.25, 0.3) is 0 Å². The van der Waals surface area contributed by atoms with E-state index in [1.54, 1.807) is 6.07 Å². The summed E-state index contributed by atoms with van der Waals surface area (Å²) < 4.78 is 2.11. The summed E-state index contributed by atoms with van der Waals surface area (Å²) in [5.41, 5.74) is 14.5. The van der Waals surface area contributed by atoms with Crippen molar-refractivity contribution < 1.29 is 4.79 Å². The highest BCUT2D eigenvalue weighted by Crippen LogP contribution is 2.27. The van der Waals surface area contributed by atoms with Crippen molar-refractivity contribution in [1.29, 1.82) is 5.41 Å². The second-order valence-electron chi connectivity index (χ2n) is 4.60. The molecule has 1 heterocycles. The smallest absolute Gasteiger partial charge is 0.221 e. The van der Waals surface area contributed by atoms with Gasteiger partial charge in [0.15, 0.2) is 0 Å². The number of fused-ring (bicyclic) bond motifs is 1. The number of benzene rings is 1. The lowest BCUT2D eigenvalue weighted by molar-refractivity contribution is -0.117. The van der Waals surface area contributed by atoms with Crippen LogP contribution in [0.5, 0.6) is 0 Å². The van der Waals surface area contributed by atoms with Gasteiger partial charge in [-0.3, -0.25) is 10.2 Å². The molecular formula is C14H18N4O. The average Bonchev–Trinajstić information content (AvgIpc) is 2.61. The minimum absolute atomic E-state index is 0.0415. The molecule has 2 rings (SSSR count). The molecular weight excluding hydrogens is 240 g/mol. The Hall–Kier alpha value is -2.30. The first kappa shape index (κ1) is 13.1. The molecule has 0 unspecified atom stereocenters. The van der Waals surface area contributed by atoms with E-state index < -0.39 is 0 Å². The molecule has 0 spiro atoms. The Morgan fingerprint density at radius 1 is 1.37 bits per heavy atom. The number of amides is 1. The lowest BCUT2D eigenvalue weighted by Crippen LogP contribution is -2.14. The molecule has 0 aliphatic rings. The summed E-state index contributed by atoms with van der Waals surface area (Å²) in [4.78, 5) is 11.2. The number of nitrogens with one attached hydrogen (secondary N) is 1. The van der Waals surface area contributed by atoms with Gasteiger partial charge in [0.1, 0.15) is 5.84 Å². The summed E-state index contributed by atoms with van der Waals surface area (Å²) in [6, 6.07) is 5.59. The maximum Gasteiger partial charge on any atom is 0.221 e. The fourth-order valence-corrected chi connectivity index (χ4v) is 2.52. The Balaban J connectivity index is 2.74. The third-order valence-corrected chi connectivity index (χ3v) is 3.43. The Morgan fingerprint density at radius 2 is 2.05 bits per heavy atom. The number of nitrogens with two attached hydrogens (primary N) is 2. The highest BCUT2D eigenvalue weighted by Gasteiger charge is 2.15. The largest absolute Gasteiger partial charge is 0.384 e. The fraction of sp³-hybridized carbons (Fsp3) is 0.286. The van der Waals surface area contributed by atoms with Crippen LogP contribution >= 0.6 is 0 Å². The first-order valence-electron chi connectivity index (χ1n) is 6.20. The molecule has 5 nitrogen and oxygen atoms in total. The molecule has 1 aromatic heterocycles. The van der Waals surface area contributed by atoms with Crippen molar-refractivity contribution in [3.8, 4) is 0 Å². The number of amidine groups is 1. The zero-order valence-corrected chi connectivity index (χ0v) is 11.2. The maximum atomic E-state index is 11.2. The predicted octanol–water partition coefficient (Wildman–Crippen LogP) is 1.28. The van der Waals surface area contributed by atoms with E-state index in [1.807, 2.05) is 26.0 Å². The molecule has 0 saturated carbocycles. The summed E-state index contributed by atoms with van der Waals surface area (Å²) in [7, 11) is 0. The van der Waals surface area contributed by atoms with Crippen molar-refractivity contribution in [1.82, 2.24) is 4.57 Å². The van der Waals surface area contributed by atoms with E-state index in [4.69, 9.17) is 16.9 Å². The molecule has 5 heteroatoms. The van der Waals surface area contributed by atoms with Crippen LogP contribution in [0, 0.1) is 12.3 Å². The molecule has 0 fully saturated rings. The van der Waals surface area contributed by atoms with Crippen LogP contribution in [0.4, 0.5) is 0 Å². The van der Waals surface area contributed by atoms with Gasteiger partial charge in [-0.15, -0.1) is 0 Å². The summed E-state index contributed by atoms with van der Waals surface area (Å²) in [5, 5.41) is 8.51. The minimum atomic E-state index is -0.339. The van der Waals surface area contributed by atoms with Crippen molar-refractivity contribution in [3.05, 3.63) is 35.0 Å². The van der Waals surface area contributed by atoms with E-state index in [2.05, 4.69) is 4.57 Å². The Bertz CT molecular complexity index is 670. The zero-order valence-electron chi connectivity index (χ0n) is 11.2. The SMILES string of the molecule is CCn1c(C)c(CC(N)=O)c2ccc(C(=N)N)cc21. The number of carbonyl (C=O) groups excluding carboxylic acids is 1. The number of hydrogen-bond donors (Lipinski definition) is 3. The highest BCUT2D eigenvalue weighted by molar-refractivity contribution is 6.00. The van der Waals surface area contributed by atoms with E-state index in [9.17, 15) is 4.79 Å². The van der Waals surface area contributed by atoms with Crippen LogP contribution in [0.1, 0.15) is 23.7 Å². The first-order chi connectivity index (χ1) is 8.95. The number of carbonyl (C=O) groups is 1. The Morgan fingerprint density at radius 3 is 2.58 bits per heavy atom. The molecule has 100 valence electrons. The van der Waals surface area contributed by atoms with E-state index in [0.717, 1.165) is 28.7 Å². The van der Waals surface area contributed by atoms with E-state index in [-0.39, 0.29) is 18.2 Å². The van der Waals surface area contributed by atoms with Crippen LogP contribution in [-0.4, -0.2) is 16.3 Å². The van der Waals surface area contributed by atoms with Crippen molar-refractivity contribution in [2.45, 2.75) is 26.8 Å². The van der Waals surface area contributed by atoms with Gasteiger partial charge in [0.2, 0.25) is 5.91 Å². The third kappa shape index (κ3) is 2.19. The predicted molar refractivity (Wildman–Crippen MR) is 76.3 cm³/mol. The first-order valence-corrected chi connectivity index (χ1v) is 6.20. The fourth-order valence-electron chi connectivity index (χ4n) is 2.52. The molecule has 5 N–H and O–H groups in total. The molecule has 19 heavy (non-hydrogen) atoms. The van der Waals surface area contributed by atoms with Gasteiger partial charge < -0.3 is 16.0 Å². The number of aromatic nitrogens is 1. The van der Waals surface area contributed by atoms with Crippen LogP contribution in [-0.2, 0) is 17.8 Å². The van der Waals surface area contributed by atoms with Gasteiger partial charge in [-0.05, 0) is 25.5 Å². The molecule has 0 radical (unpaired) electrons. The molecule has 0 atom stereocenters. The molecule has 0 aliphatic carbocycles. The van der Waals surface area contributed by atoms with Gasteiger partial charge >= 0.3 is 0 Å². The van der Waals surface area contributed by atoms with Crippen molar-refractivity contribution in [2.75, 3.05) is 0 Å². The maximum absolute atomic E-state index is 11.2. The van der Waals surface area contributed by atoms with Crippen molar-refractivity contribution in [3.63, 3.8) is 0 Å². The quantitative estimate of drug-likeness (QED) is 0.568. The number of hydrogen-bond acceptors (Lipinski definition) is 2. The molecule has 0 saturated heterocycles. The van der Waals surface area contributed by atoms with Gasteiger partial charge in [0.05, 0.1) is 6.42 Å². The lowest BCUT2D eigenvalue weighted by atomic mass is 10.1. The monoisotopic (exact) mass is 258 g/mol. The van der Waals surface area contributed by atoms with Crippen LogP contribution in [0.15, 0.2) is 18.2 Å². The molecule has 1 aromatic carbocycles. The van der Waals surface area contributed by atoms with Crippen LogP contribution < -0.4 is 11.5 Å². The number of primary amides is 1. The highest BCUT2D eigenvalue weighted by atomic mass is 16.1. The molecule has 1 amide bonds. The number of aryl methyl sites for hydroxylation is 1. The minimum Gasteiger partial charge on any atom is -0.384 e. The van der Waals surface area contributed by atoms with E-state index in [0.29, 0.717) is 5.56 Å². The third-order valence-electron chi connectivity index (χ3n) is 3.43. The lowest BCUT2D eigenvalue weighted by Gasteiger charge is -2.05. The van der Waals surface area contributed by atoms with Crippen LogP contribution in [0.2, 0.25) is 0 Å². The summed E-state index contributed by atoms with van der Waals surface area (Å²) in [6.45, 7) is 4.82. The summed E-state index contributed by atoms with van der Waals surface area (Å²) >= 11 is 0. The molecule has 0 bridgehead atoms. The van der Waals surface area contributed by atoms with E-state index in [1.165, 1.54) is 0 Å². The van der Waals surface area contributed by atoms with Crippen LogP contribution in [0.25, 0.3) is 10.9 Å². The van der Waals surface area contributed by atoms with Crippen molar-refractivity contribution in [2.24, 2.45) is 11.5 Å². The number of nitrogens with zero attached hydrogens (tertiary/aromatic N) is 1. The number of rotatable bonds is 4. The number of nitrogen functional groups attached to an aromatic ring is 1. The molecule has 2 aromatic rings. The van der Waals surface area contributed by atoms with Gasteiger partial charge in [-0.1, -0.05) is 12.1 Å². The topological polar surface area (TPSA) is 97.9 Å². The second-order valence-corrected chi connectivity index (χ2v) is 4.60. The van der Waals surface area contributed by atoms with Gasteiger partial charge in [-0.25, -0.2) is 0 Å².